The minimum absolute atomic E-state index is 0.0891. The normalized spacial score (nSPS) is 30.3. The number of nitrogens with zero attached hydrogens (tertiary/aromatic N) is 2. The summed E-state index contributed by atoms with van der Waals surface area (Å²) < 4.78 is 6.48. The average Bonchev–Trinajstić information content (AvgIpc) is 3.37. The molecule has 36 heavy (non-hydrogen) atoms. The standard InChI is InChI=1S/C32H45N3O/c1-3-24(2)35-21-14-25-9-8-10-26-27(12-13-28(35)30(25)26)33-20-17-31(29-11-4-7-19-34-29)18-22-36-32(23-31)15-5-6-16-32/h4,7-11,19,24,27-28,33H,3,5-6,12-18,20-23H2,1-2H3/t24?,27?,28?,31-/m1/s1. The van der Waals surface area contributed by atoms with Crippen molar-refractivity contribution in [3.8, 4) is 0 Å². The van der Waals surface area contributed by atoms with Gasteiger partial charge in [-0.25, -0.2) is 0 Å². The lowest BCUT2D eigenvalue weighted by Gasteiger charge is -2.47. The van der Waals surface area contributed by atoms with Crippen LogP contribution in [-0.2, 0) is 16.6 Å². The zero-order valence-corrected chi connectivity index (χ0v) is 22.5. The van der Waals surface area contributed by atoms with E-state index >= 15 is 0 Å². The maximum atomic E-state index is 6.48. The summed E-state index contributed by atoms with van der Waals surface area (Å²) in [5.41, 5.74) is 6.32. The first kappa shape index (κ1) is 24.6. The van der Waals surface area contributed by atoms with E-state index < -0.39 is 0 Å². The zero-order valence-electron chi connectivity index (χ0n) is 22.5. The molecule has 4 atom stereocenters. The Labute approximate surface area is 218 Å². The van der Waals surface area contributed by atoms with Crippen molar-refractivity contribution >= 4 is 0 Å². The number of hydrogen-bond acceptors (Lipinski definition) is 4. The van der Waals surface area contributed by atoms with Crippen LogP contribution < -0.4 is 5.32 Å². The van der Waals surface area contributed by atoms with E-state index in [2.05, 4.69) is 60.5 Å². The molecule has 2 fully saturated rings. The van der Waals surface area contributed by atoms with E-state index in [9.17, 15) is 0 Å². The first-order valence-electron chi connectivity index (χ1n) is 14.8. The molecule has 1 saturated carbocycles. The van der Waals surface area contributed by atoms with E-state index in [1.807, 2.05) is 6.20 Å². The summed E-state index contributed by atoms with van der Waals surface area (Å²) in [5.74, 6) is 0. The molecule has 1 saturated heterocycles. The Morgan fingerprint density at radius 1 is 1.11 bits per heavy atom. The van der Waals surface area contributed by atoms with Gasteiger partial charge < -0.3 is 10.1 Å². The van der Waals surface area contributed by atoms with Gasteiger partial charge in [-0.1, -0.05) is 44.0 Å². The highest BCUT2D eigenvalue weighted by Crippen LogP contribution is 2.50. The van der Waals surface area contributed by atoms with Crippen LogP contribution in [-0.4, -0.2) is 41.2 Å². The number of ether oxygens (including phenoxy) is 1. The second-order valence-electron chi connectivity index (χ2n) is 12.2. The van der Waals surface area contributed by atoms with Gasteiger partial charge in [-0.3, -0.25) is 9.88 Å². The summed E-state index contributed by atoms with van der Waals surface area (Å²) in [7, 11) is 0. The Balaban J connectivity index is 1.21. The second-order valence-corrected chi connectivity index (χ2v) is 12.2. The number of rotatable bonds is 7. The summed E-state index contributed by atoms with van der Waals surface area (Å²) in [4.78, 5) is 7.71. The molecule has 4 heteroatoms. The molecule has 0 radical (unpaired) electrons. The van der Waals surface area contributed by atoms with Crippen LogP contribution in [0.1, 0.15) is 113 Å². The van der Waals surface area contributed by atoms with Gasteiger partial charge in [0, 0.05) is 48.6 Å². The van der Waals surface area contributed by atoms with Gasteiger partial charge in [0.25, 0.3) is 0 Å². The third-order valence-corrected chi connectivity index (χ3v) is 10.2. The smallest absolute Gasteiger partial charge is 0.0691 e. The van der Waals surface area contributed by atoms with Crippen LogP contribution in [0.5, 0.6) is 0 Å². The van der Waals surface area contributed by atoms with E-state index in [1.165, 1.54) is 63.6 Å². The molecule has 4 aliphatic rings. The van der Waals surface area contributed by atoms with Crippen molar-refractivity contribution in [3.05, 3.63) is 65.0 Å². The Bertz CT molecular complexity index is 1030. The maximum Gasteiger partial charge on any atom is 0.0691 e. The lowest BCUT2D eigenvalue weighted by molar-refractivity contribution is -0.104. The monoisotopic (exact) mass is 487 g/mol. The summed E-state index contributed by atoms with van der Waals surface area (Å²) >= 11 is 0. The molecule has 2 aromatic rings. The topological polar surface area (TPSA) is 37.4 Å². The molecule has 3 unspecified atom stereocenters. The Morgan fingerprint density at radius 3 is 2.81 bits per heavy atom. The predicted octanol–water partition coefficient (Wildman–Crippen LogP) is 6.66. The van der Waals surface area contributed by atoms with E-state index in [1.54, 1.807) is 16.7 Å². The summed E-state index contributed by atoms with van der Waals surface area (Å²) in [5, 5.41) is 4.07. The SMILES string of the molecule is CCC(C)N1CCc2cccc3c2C1CCC3NCC[C@@]1(c2ccccn2)CCOC2(CCCC2)C1. The minimum Gasteiger partial charge on any atom is -0.375 e. The van der Waals surface area contributed by atoms with E-state index in [4.69, 9.17) is 9.72 Å². The molecule has 1 spiro atoms. The van der Waals surface area contributed by atoms with Gasteiger partial charge in [0.05, 0.1) is 5.60 Å². The lowest BCUT2D eigenvalue weighted by Crippen LogP contribution is -2.48. The van der Waals surface area contributed by atoms with Crippen molar-refractivity contribution in [3.63, 3.8) is 0 Å². The van der Waals surface area contributed by atoms with Crippen LogP contribution in [0, 0.1) is 0 Å². The third-order valence-electron chi connectivity index (χ3n) is 10.2. The van der Waals surface area contributed by atoms with E-state index in [0.29, 0.717) is 18.1 Å². The van der Waals surface area contributed by atoms with Crippen molar-refractivity contribution in [2.75, 3.05) is 19.7 Å². The average molecular weight is 488 g/mol. The predicted molar refractivity (Wildman–Crippen MR) is 146 cm³/mol. The van der Waals surface area contributed by atoms with Gasteiger partial charge in [0.15, 0.2) is 0 Å². The van der Waals surface area contributed by atoms with Gasteiger partial charge in [-0.15, -0.1) is 0 Å². The van der Waals surface area contributed by atoms with Gasteiger partial charge in [-0.2, -0.15) is 0 Å². The van der Waals surface area contributed by atoms with Crippen LogP contribution in [0.15, 0.2) is 42.6 Å². The minimum atomic E-state index is 0.0891. The molecule has 194 valence electrons. The number of hydrogen-bond donors (Lipinski definition) is 1. The van der Waals surface area contributed by atoms with E-state index in [-0.39, 0.29) is 11.0 Å². The molecule has 6 rings (SSSR count). The van der Waals surface area contributed by atoms with Gasteiger partial charge in [-0.05, 0) is 100 Å². The Hall–Kier alpha value is -1.75. The summed E-state index contributed by atoms with van der Waals surface area (Å²) in [6.45, 7) is 7.88. The highest BCUT2D eigenvalue weighted by molar-refractivity contribution is 5.43. The summed E-state index contributed by atoms with van der Waals surface area (Å²) in [6, 6.07) is 15.4. The van der Waals surface area contributed by atoms with Gasteiger partial charge in [0.1, 0.15) is 0 Å². The fraction of sp³-hybridized carbons (Fsp3) is 0.656. The number of pyridine rings is 1. The van der Waals surface area contributed by atoms with Crippen molar-refractivity contribution in [1.29, 1.82) is 0 Å². The lowest BCUT2D eigenvalue weighted by atomic mass is 9.68. The highest BCUT2D eigenvalue weighted by Gasteiger charge is 2.48. The number of aromatic nitrogens is 1. The molecule has 1 aromatic heterocycles. The fourth-order valence-electron chi connectivity index (χ4n) is 8.18. The molecule has 4 nitrogen and oxygen atoms in total. The second kappa shape index (κ2) is 10.2. The quantitative estimate of drug-likeness (QED) is 0.474. The highest BCUT2D eigenvalue weighted by atomic mass is 16.5. The van der Waals surface area contributed by atoms with Gasteiger partial charge >= 0.3 is 0 Å². The van der Waals surface area contributed by atoms with Crippen LogP contribution in [0.25, 0.3) is 0 Å². The first-order chi connectivity index (χ1) is 17.6. The van der Waals surface area contributed by atoms with E-state index in [0.717, 1.165) is 32.4 Å². The van der Waals surface area contributed by atoms with Crippen molar-refractivity contribution < 1.29 is 4.74 Å². The van der Waals surface area contributed by atoms with Crippen molar-refractivity contribution in [2.45, 2.75) is 114 Å². The molecule has 3 heterocycles. The Morgan fingerprint density at radius 2 is 2.00 bits per heavy atom. The number of nitrogens with one attached hydrogen (secondary N) is 1. The zero-order chi connectivity index (χ0) is 24.6. The van der Waals surface area contributed by atoms with Crippen LogP contribution in [0.3, 0.4) is 0 Å². The molecule has 1 aromatic carbocycles. The van der Waals surface area contributed by atoms with Crippen LogP contribution >= 0.6 is 0 Å². The molecular formula is C32H45N3O. The van der Waals surface area contributed by atoms with Crippen LogP contribution in [0.2, 0.25) is 0 Å². The Kier molecular flexibility index (Phi) is 6.96. The molecule has 0 bridgehead atoms. The third kappa shape index (κ3) is 4.44. The summed E-state index contributed by atoms with van der Waals surface area (Å²) in [6.07, 6.45) is 15.4. The fourth-order valence-corrected chi connectivity index (χ4v) is 8.18. The molecular weight excluding hydrogens is 442 g/mol. The maximum absolute atomic E-state index is 6.48. The molecule has 0 amide bonds. The van der Waals surface area contributed by atoms with Crippen LogP contribution in [0.4, 0.5) is 0 Å². The molecule has 2 aliphatic carbocycles. The molecule has 1 N–H and O–H groups in total. The molecule has 2 aliphatic heterocycles. The van der Waals surface area contributed by atoms with Crippen molar-refractivity contribution in [1.82, 2.24) is 15.2 Å². The van der Waals surface area contributed by atoms with Gasteiger partial charge in [0.2, 0.25) is 0 Å². The number of benzene rings is 1. The van der Waals surface area contributed by atoms with Crippen molar-refractivity contribution in [2.24, 2.45) is 0 Å². The first-order valence-corrected chi connectivity index (χ1v) is 14.8. The largest absolute Gasteiger partial charge is 0.375 e.